The third kappa shape index (κ3) is 5.97. The number of hydrogen-bond acceptors (Lipinski definition) is 10. The first-order chi connectivity index (χ1) is 18.8. The number of esters is 1. The molecule has 2 heterocycles. The highest BCUT2D eigenvalue weighted by Gasteiger charge is 2.33. The predicted octanol–water partition coefficient (Wildman–Crippen LogP) is 3.19. The number of thiazole rings is 1. The molecule has 39 heavy (non-hydrogen) atoms. The van der Waals surface area contributed by atoms with Crippen LogP contribution in [-0.4, -0.2) is 46.1 Å². The topological polar surface area (TPSA) is 133 Å². The molecular formula is C27H27N3O7S2. The van der Waals surface area contributed by atoms with Crippen LogP contribution in [0.15, 0.2) is 68.4 Å². The SMILES string of the molecule is CCOC(=O)C1=C(C)N=c2sc(=Cc3ccc(SCCO)c([N+](=O)[O-])c3)c(=O)n2C1c1ccc(OCC)cc1. The number of aromatic nitrogens is 1. The molecule has 0 radical (unpaired) electrons. The Kier molecular flexibility index (Phi) is 9.00. The fraction of sp³-hybridized carbons (Fsp3) is 0.296. The van der Waals surface area contributed by atoms with Crippen LogP contribution in [0.1, 0.15) is 37.9 Å². The summed E-state index contributed by atoms with van der Waals surface area (Å²) in [6.07, 6.45) is 1.58. The van der Waals surface area contributed by atoms with E-state index in [4.69, 9.17) is 14.6 Å². The highest BCUT2D eigenvalue weighted by Crippen LogP contribution is 2.32. The second-order valence-electron chi connectivity index (χ2n) is 8.36. The van der Waals surface area contributed by atoms with Crippen LogP contribution in [0.3, 0.4) is 0 Å². The predicted molar refractivity (Wildman–Crippen MR) is 149 cm³/mol. The Hall–Kier alpha value is -3.74. The van der Waals surface area contributed by atoms with E-state index in [1.807, 2.05) is 6.92 Å². The molecular weight excluding hydrogens is 542 g/mol. The van der Waals surface area contributed by atoms with Gasteiger partial charge in [0.2, 0.25) is 0 Å². The van der Waals surface area contributed by atoms with Gasteiger partial charge in [-0.25, -0.2) is 9.79 Å². The van der Waals surface area contributed by atoms with Crippen LogP contribution in [0, 0.1) is 10.1 Å². The number of nitrogens with zero attached hydrogens (tertiary/aromatic N) is 3. The monoisotopic (exact) mass is 569 g/mol. The average Bonchev–Trinajstić information content (AvgIpc) is 3.21. The van der Waals surface area contributed by atoms with Crippen molar-refractivity contribution in [3.05, 3.63) is 94.7 Å². The van der Waals surface area contributed by atoms with Gasteiger partial charge in [-0.05, 0) is 56.2 Å². The van der Waals surface area contributed by atoms with Crippen LogP contribution in [0.2, 0.25) is 0 Å². The van der Waals surface area contributed by atoms with Gasteiger partial charge in [0.15, 0.2) is 4.80 Å². The van der Waals surface area contributed by atoms with Crippen molar-refractivity contribution in [2.24, 2.45) is 4.99 Å². The maximum absolute atomic E-state index is 13.7. The zero-order valence-electron chi connectivity index (χ0n) is 21.6. The molecule has 4 rings (SSSR count). The van der Waals surface area contributed by atoms with Gasteiger partial charge in [0, 0.05) is 11.8 Å². The summed E-state index contributed by atoms with van der Waals surface area (Å²) in [4.78, 5) is 43.3. The fourth-order valence-electron chi connectivity index (χ4n) is 4.22. The highest BCUT2D eigenvalue weighted by molar-refractivity contribution is 7.99. The van der Waals surface area contributed by atoms with Crippen LogP contribution in [0.5, 0.6) is 5.75 Å². The number of ether oxygens (including phenoxy) is 2. The van der Waals surface area contributed by atoms with E-state index in [1.165, 1.54) is 22.4 Å². The summed E-state index contributed by atoms with van der Waals surface area (Å²) < 4.78 is 12.6. The summed E-state index contributed by atoms with van der Waals surface area (Å²) in [6.45, 7) is 5.86. The van der Waals surface area contributed by atoms with E-state index in [1.54, 1.807) is 56.3 Å². The number of aliphatic hydroxyl groups excluding tert-OH is 1. The number of allylic oxidation sites excluding steroid dienone is 1. The molecule has 12 heteroatoms. The lowest BCUT2D eigenvalue weighted by atomic mass is 9.96. The van der Waals surface area contributed by atoms with Gasteiger partial charge >= 0.3 is 5.97 Å². The van der Waals surface area contributed by atoms with Gasteiger partial charge in [-0.2, -0.15) is 0 Å². The van der Waals surface area contributed by atoms with E-state index in [0.717, 1.165) is 11.3 Å². The minimum atomic E-state index is -0.773. The van der Waals surface area contributed by atoms with E-state index in [2.05, 4.69) is 4.99 Å². The molecule has 1 atom stereocenters. The lowest BCUT2D eigenvalue weighted by Crippen LogP contribution is -2.39. The number of carbonyl (C=O) groups is 1. The van der Waals surface area contributed by atoms with Crippen LogP contribution in [-0.2, 0) is 9.53 Å². The van der Waals surface area contributed by atoms with Gasteiger partial charge in [-0.1, -0.05) is 29.5 Å². The highest BCUT2D eigenvalue weighted by atomic mass is 32.2. The van der Waals surface area contributed by atoms with Crippen molar-refractivity contribution in [3.8, 4) is 5.75 Å². The van der Waals surface area contributed by atoms with Crippen molar-refractivity contribution >= 4 is 40.8 Å². The number of rotatable bonds is 10. The number of nitro groups is 1. The molecule has 3 aromatic rings. The number of carbonyl (C=O) groups excluding carboxylic acids is 1. The molecule has 1 aliphatic heterocycles. The molecule has 0 spiro atoms. The van der Waals surface area contributed by atoms with E-state index in [-0.39, 0.29) is 30.0 Å². The summed E-state index contributed by atoms with van der Waals surface area (Å²) in [6, 6.07) is 11.1. The van der Waals surface area contributed by atoms with E-state index in [0.29, 0.717) is 49.2 Å². The quantitative estimate of drug-likeness (QED) is 0.170. The molecule has 0 saturated carbocycles. The van der Waals surface area contributed by atoms with Gasteiger partial charge in [0.1, 0.15) is 5.75 Å². The van der Waals surface area contributed by atoms with Gasteiger partial charge in [-0.15, -0.1) is 11.8 Å². The molecule has 1 N–H and O–H groups in total. The summed E-state index contributed by atoms with van der Waals surface area (Å²) in [7, 11) is 0. The number of fused-ring (bicyclic) bond motifs is 1. The summed E-state index contributed by atoms with van der Waals surface area (Å²) in [5.41, 5.74) is 1.38. The fourth-order valence-corrected chi connectivity index (χ4v) is 6.02. The Morgan fingerprint density at radius 3 is 2.62 bits per heavy atom. The Labute approximate surface area is 232 Å². The lowest BCUT2D eigenvalue weighted by molar-refractivity contribution is -0.387. The second kappa shape index (κ2) is 12.4. The zero-order chi connectivity index (χ0) is 28.1. The molecule has 0 bridgehead atoms. The number of nitro benzene ring substituents is 1. The van der Waals surface area contributed by atoms with Crippen LogP contribution >= 0.6 is 23.1 Å². The first-order valence-corrected chi connectivity index (χ1v) is 14.0. The van der Waals surface area contributed by atoms with Crippen LogP contribution in [0.25, 0.3) is 6.08 Å². The Morgan fingerprint density at radius 1 is 1.23 bits per heavy atom. The molecule has 0 saturated heterocycles. The van der Waals surface area contributed by atoms with Crippen molar-refractivity contribution < 1.29 is 24.3 Å². The third-order valence-corrected chi connectivity index (χ3v) is 7.88. The minimum Gasteiger partial charge on any atom is -0.494 e. The Balaban J connectivity index is 1.87. The van der Waals surface area contributed by atoms with Gasteiger partial charge in [-0.3, -0.25) is 19.5 Å². The third-order valence-electron chi connectivity index (χ3n) is 5.85. The molecule has 0 aliphatic carbocycles. The number of hydrogen-bond donors (Lipinski definition) is 1. The van der Waals surface area contributed by atoms with Gasteiger partial charge in [0.05, 0.1) is 51.5 Å². The first kappa shape index (κ1) is 28.3. The molecule has 0 fully saturated rings. The van der Waals surface area contributed by atoms with Gasteiger partial charge < -0.3 is 14.6 Å². The van der Waals surface area contributed by atoms with Crippen molar-refractivity contribution in [1.29, 1.82) is 0 Å². The maximum Gasteiger partial charge on any atom is 0.338 e. The number of benzene rings is 2. The van der Waals surface area contributed by atoms with E-state index >= 15 is 0 Å². The number of aliphatic hydroxyl groups is 1. The summed E-state index contributed by atoms with van der Waals surface area (Å²) >= 11 is 2.32. The van der Waals surface area contributed by atoms with Crippen molar-refractivity contribution in [1.82, 2.24) is 4.57 Å². The van der Waals surface area contributed by atoms with Crippen LogP contribution in [0.4, 0.5) is 5.69 Å². The zero-order valence-corrected chi connectivity index (χ0v) is 23.2. The largest absolute Gasteiger partial charge is 0.494 e. The van der Waals surface area contributed by atoms with Gasteiger partial charge in [0.25, 0.3) is 11.2 Å². The molecule has 1 aromatic heterocycles. The smallest absolute Gasteiger partial charge is 0.338 e. The standard InChI is InChI=1S/C27H27N3O7S2/c1-4-36-19-9-7-18(8-10-19)24-23(26(33)37-5-2)16(3)28-27-29(24)25(32)22(39-27)15-17-6-11-21(38-13-12-31)20(14-17)30(34)35/h6-11,14-15,24,31H,4-5,12-13H2,1-3H3. The summed E-state index contributed by atoms with van der Waals surface area (Å²) in [5.74, 6) is 0.430. The maximum atomic E-state index is 13.7. The second-order valence-corrected chi connectivity index (χ2v) is 10.5. The van der Waals surface area contributed by atoms with E-state index in [9.17, 15) is 19.7 Å². The number of thioether (sulfide) groups is 1. The minimum absolute atomic E-state index is 0.104. The van der Waals surface area contributed by atoms with Crippen LogP contribution < -0.4 is 19.6 Å². The Bertz CT molecular complexity index is 1610. The normalized spacial score (nSPS) is 15.1. The van der Waals surface area contributed by atoms with Crippen molar-refractivity contribution in [2.75, 3.05) is 25.6 Å². The lowest BCUT2D eigenvalue weighted by Gasteiger charge is -2.24. The molecule has 204 valence electrons. The Morgan fingerprint density at radius 2 is 1.97 bits per heavy atom. The molecule has 2 aromatic carbocycles. The summed E-state index contributed by atoms with van der Waals surface area (Å²) in [5, 5.41) is 20.7. The van der Waals surface area contributed by atoms with Crippen molar-refractivity contribution in [2.45, 2.75) is 31.7 Å². The average molecular weight is 570 g/mol. The molecule has 1 aliphatic rings. The molecule has 10 nitrogen and oxygen atoms in total. The molecule has 0 amide bonds. The first-order valence-electron chi connectivity index (χ1n) is 12.2. The van der Waals surface area contributed by atoms with E-state index < -0.39 is 16.9 Å². The van der Waals surface area contributed by atoms with Crippen molar-refractivity contribution in [3.63, 3.8) is 0 Å². The molecule has 1 unspecified atom stereocenters.